The molecule has 0 radical (unpaired) electrons. The van der Waals surface area contributed by atoms with Crippen molar-refractivity contribution in [2.75, 3.05) is 39.3 Å². The summed E-state index contributed by atoms with van der Waals surface area (Å²) in [5.74, 6) is 1.75. The number of nitrogens with zero attached hydrogens (tertiary/aromatic N) is 5. The van der Waals surface area contributed by atoms with E-state index in [9.17, 15) is 4.79 Å². The summed E-state index contributed by atoms with van der Waals surface area (Å²) in [5.41, 5.74) is 3.85. The molecule has 2 atom stereocenters. The monoisotopic (exact) mass is 445 g/mol. The summed E-state index contributed by atoms with van der Waals surface area (Å²) in [7, 11) is 0. The van der Waals surface area contributed by atoms with Gasteiger partial charge >= 0.3 is 0 Å². The topological polar surface area (TPSA) is 65.7 Å². The smallest absolute Gasteiger partial charge is 0.243 e. The first kappa shape index (κ1) is 21.8. The fourth-order valence-corrected chi connectivity index (χ4v) is 5.01. The number of aromatic nitrogens is 2. The van der Waals surface area contributed by atoms with Crippen LogP contribution in [0.15, 0.2) is 59.1 Å². The molecule has 172 valence electrons. The average Bonchev–Trinajstić information content (AvgIpc) is 3.30. The Balaban J connectivity index is 1.22. The van der Waals surface area contributed by atoms with Crippen LogP contribution in [0.25, 0.3) is 0 Å². The molecule has 1 amide bonds. The van der Waals surface area contributed by atoms with E-state index in [4.69, 9.17) is 4.52 Å². The molecule has 1 aromatic heterocycles. The summed E-state index contributed by atoms with van der Waals surface area (Å²) < 4.78 is 5.35. The Morgan fingerprint density at radius 2 is 1.79 bits per heavy atom. The molecule has 3 aromatic rings. The number of carbonyl (C=O) groups excluding carboxylic acids is 1. The van der Waals surface area contributed by atoms with E-state index in [1.165, 1.54) is 16.7 Å². The predicted octanol–water partition coefficient (Wildman–Crippen LogP) is 3.23. The maximum atomic E-state index is 13.3. The number of piperazine rings is 1. The zero-order chi connectivity index (χ0) is 22.8. The van der Waals surface area contributed by atoms with Crippen LogP contribution in [0, 0.1) is 6.92 Å². The molecule has 2 aliphatic heterocycles. The first-order valence-electron chi connectivity index (χ1n) is 11.8. The number of fused-ring (bicyclic) bond motifs is 1. The summed E-state index contributed by atoms with van der Waals surface area (Å²) in [6.07, 6.45) is 0. The van der Waals surface area contributed by atoms with Gasteiger partial charge in [-0.2, -0.15) is 4.98 Å². The molecule has 2 aliphatic rings. The Hall–Kier alpha value is -3.03. The lowest BCUT2D eigenvalue weighted by Gasteiger charge is -2.39. The van der Waals surface area contributed by atoms with Gasteiger partial charge in [-0.1, -0.05) is 59.8 Å². The van der Waals surface area contributed by atoms with Crippen LogP contribution in [-0.2, 0) is 11.3 Å². The van der Waals surface area contributed by atoms with Crippen LogP contribution in [0.4, 0.5) is 0 Å². The van der Waals surface area contributed by atoms with Crippen molar-refractivity contribution in [3.8, 4) is 0 Å². The molecule has 7 nitrogen and oxygen atoms in total. The van der Waals surface area contributed by atoms with Gasteiger partial charge in [-0.15, -0.1) is 0 Å². The first-order valence-corrected chi connectivity index (χ1v) is 11.8. The van der Waals surface area contributed by atoms with Crippen molar-refractivity contribution in [3.05, 3.63) is 83.0 Å². The van der Waals surface area contributed by atoms with Gasteiger partial charge in [-0.05, 0) is 30.5 Å². The van der Waals surface area contributed by atoms with E-state index in [0.29, 0.717) is 24.8 Å². The lowest BCUT2D eigenvalue weighted by molar-refractivity contribution is -0.134. The lowest BCUT2D eigenvalue weighted by atomic mass is 9.84. The van der Waals surface area contributed by atoms with Gasteiger partial charge in [0.25, 0.3) is 0 Å². The number of amides is 1. The minimum absolute atomic E-state index is 0.0919. The summed E-state index contributed by atoms with van der Waals surface area (Å²) in [6, 6.07) is 19.2. The first-order chi connectivity index (χ1) is 16.1. The van der Waals surface area contributed by atoms with Crippen molar-refractivity contribution in [2.24, 2.45) is 0 Å². The summed E-state index contributed by atoms with van der Waals surface area (Å²) in [4.78, 5) is 24.3. The summed E-state index contributed by atoms with van der Waals surface area (Å²) in [5, 5.41) is 3.91. The van der Waals surface area contributed by atoms with Gasteiger partial charge in [0.2, 0.25) is 11.8 Å². The van der Waals surface area contributed by atoms with E-state index in [0.717, 1.165) is 32.7 Å². The van der Waals surface area contributed by atoms with Crippen molar-refractivity contribution in [3.63, 3.8) is 0 Å². The molecule has 33 heavy (non-hydrogen) atoms. The van der Waals surface area contributed by atoms with Crippen LogP contribution < -0.4 is 0 Å². The fourth-order valence-electron chi connectivity index (χ4n) is 5.01. The van der Waals surface area contributed by atoms with Gasteiger partial charge in [0, 0.05) is 45.2 Å². The van der Waals surface area contributed by atoms with E-state index >= 15 is 0 Å². The zero-order valence-electron chi connectivity index (χ0n) is 19.4. The van der Waals surface area contributed by atoms with Gasteiger partial charge in [0.1, 0.15) is 0 Å². The molecule has 5 rings (SSSR count). The highest BCUT2D eigenvalue weighted by Crippen LogP contribution is 2.33. The molecular weight excluding hydrogens is 414 g/mol. The molecule has 3 heterocycles. The summed E-state index contributed by atoms with van der Waals surface area (Å²) >= 11 is 0. The van der Waals surface area contributed by atoms with E-state index in [-0.39, 0.29) is 17.9 Å². The minimum Gasteiger partial charge on any atom is -0.338 e. The lowest BCUT2D eigenvalue weighted by Crippen LogP contribution is -2.51. The molecule has 1 fully saturated rings. The van der Waals surface area contributed by atoms with E-state index in [1.807, 2.05) is 17.9 Å². The Bertz CT molecular complexity index is 1090. The van der Waals surface area contributed by atoms with Crippen molar-refractivity contribution < 1.29 is 9.32 Å². The molecular formula is C26H31N5O2. The van der Waals surface area contributed by atoms with E-state index in [1.54, 1.807) is 0 Å². The fraction of sp³-hybridized carbons (Fsp3) is 0.423. The van der Waals surface area contributed by atoms with Crippen LogP contribution in [-0.4, -0.2) is 70.0 Å². The van der Waals surface area contributed by atoms with Crippen LogP contribution >= 0.6 is 0 Å². The second-order valence-electron chi connectivity index (χ2n) is 9.10. The van der Waals surface area contributed by atoms with E-state index < -0.39 is 0 Å². The van der Waals surface area contributed by atoms with E-state index in [2.05, 4.69) is 75.4 Å². The van der Waals surface area contributed by atoms with Crippen LogP contribution in [0.1, 0.15) is 47.3 Å². The Labute approximate surface area is 195 Å². The predicted molar refractivity (Wildman–Crippen MR) is 126 cm³/mol. The molecule has 0 saturated carbocycles. The van der Waals surface area contributed by atoms with Gasteiger partial charge in [0.15, 0.2) is 5.82 Å². The second kappa shape index (κ2) is 9.45. The van der Waals surface area contributed by atoms with Crippen LogP contribution in [0.2, 0.25) is 0 Å². The number of hydrogen-bond acceptors (Lipinski definition) is 6. The van der Waals surface area contributed by atoms with Crippen LogP contribution in [0.5, 0.6) is 0 Å². The molecule has 0 bridgehead atoms. The molecule has 7 heteroatoms. The SMILES string of the molecule is Cc1noc(C(C)N2CCN(CC(=O)N3Cc4ccccc4C(c4ccccc4)C3)CC2)n1. The highest BCUT2D eigenvalue weighted by molar-refractivity contribution is 5.79. The third-order valence-electron chi connectivity index (χ3n) is 6.96. The second-order valence-corrected chi connectivity index (χ2v) is 9.10. The Morgan fingerprint density at radius 1 is 1.06 bits per heavy atom. The number of aryl methyl sites for hydroxylation is 1. The van der Waals surface area contributed by atoms with Crippen molar-refractivity contribution in [1.29, 1.82) is 0 Å². The number of benzene rings is 2. The molecule has 0 N–H and O–H groups in total. The number of carbonyl (C=O) groups is 1. The quantitative estimate of drug-likeness (QED) is 0.601. The van der Waals surface area contributed by atoms with Crippen molar-refractivity contribution in [2.45, 2.75) is 32.4 Å². The molecule has 1 saturated heterocycles. The molecule has 0 aliphatic carbocycles. The Kier molecular flexibility index (Phi) is 6.24. The maximum absolute atomic E-state index is 13.3. The molecule has 0 spiro atoms. The van der Waals surface area contributed by atoms with Gasteiger partial charge in [0.05, 0.1) is 12.6 Å². The van der Waals surface area contributed by atoms with Crippen LogP contribution in [0.3, 0.4) is 0 Å². The van der Waals surface area contributed by atoms with Gasteiger partial charge in [-0.25, -0.2) is 0 Å². The van der Waals surface area contributed by atoms with Gasteiger partial charge < -0.3 is 9.42 Å². The largest absolute Gasteiger partial charge is 0.338 e. The standard InChI is InChI=1S/C26H31N5O2/c1-19(26-27-20(2)28-33-26)30-14-12-29(13-15-30)18-25(32)31-16-22-10-6-7-11-23(22)24(17-31)21-8-4-3-5-9-21/h3-11,19,24H,12-18H2,1-2H3. The number of rotatable bonds is 5. The summed E-state index contributed by atoms with van der Waals surface area (Å²) in [6.45, 7) is 9.29. The minimum atomic E-state index is 0.0919. The molecule has 2 unspecified atom stereocenters. The third-order valence-corrected chi connectivity index (χ3v) is 6.96. The highest BCUT2D eigenvalue weighted by Gasteiger charge is 2.31. The number of hydrogen-bond donors (Lipinski definition) is 0. The van der Waals surface area contributed by atoms with Crippen molar-refractivity contribution >= 4 is 5.91 Å². The average molecular weight is 446 g/mol. The van der Waals surface area contributed by atoms with Gasteiger partial charge in [-0.3, -0.25) is 14.6 Å². The Morgan fingerprint density at radius 3 is 2.52 bits per heavy atom. The highest BCUT2D eigenvalue weighted by atomic mass is 16.5. The normalized spacial score (nSPS) is 20.4. The maximum Gasteiger partial charge on any atom is 0.243 e. The third kappa shape index (κ3) is 4.70. The molecule has 2 aromatic carbocycles. The van der Waals surface area contributed by atoms with Crippen molar-refractivity contribution in [1.82, 2.24) is 24.8 Å². The zero-order valence-corrected chi connectivity index (χ0v) is 19.4.